The Labute approximate surface area is 103 Å². The van der Waals surface area contributed by atoms with Crippen LogP contribution in [0.25, 0.3) is 0 Å². The van der Waals surface area contributed by atoms with E-state index in [4.69, 9.17) is 0 Å². The van der Waals surface area contributed by atoms with Crippen molar-refractivity contribution < 1.29 is 18.7 Å². The molecule has 0 spiro atoms. The molecule has 0 fully saturated rings. The average molecular weight is 256 g/mol. The number of ether oxygens (including phenoxy) is 1. The van der Waals surface area contributed by atoms with Crippen LogP contribution in [0.5, 0.6) is 0 Å². The highest BCUT2D eigenvalue weighted by molar-refractivity contribution is 8.00. The summed E-state index contributed by atoms with van der Waals surface area (Å²) >= 11 is 1.08. The predicted molar refractivity (Wildman–Crippen MR) is 63.3 cm³/mol. The van der Waals surface area contributed by atoms with Crippen molar-refractivity contribution in [2.45, 2.75) is 11.8 Å². The predicted octanol–water partition coefficient (Wildman–Crippen LogP) is 2.30. The summed E-state index contributed by atoms with van der Waals surface area (Å²) in [7, 11) is 1.23. The lowest BCUT2D eigenvalue weighted by molar-refractivity contribution is -0.147. The number of halogens is 1. The lowest BCUT2D eigenvalue weighted by atomic mass is 10.1. The lowest BCUT2D eigenvalue weighted by Crippen LogP contribution is -2.23. The van der Waals surface area contributed by atoms with Gasteiger partial charge < -0.3 is 4.74 Å². The Morgan fingerprint density at radius 2 is 2.06 bits per heavy atom. The van der Waals surface area contributed by atoms with Crippen molar-refractivity contribution in [2.24, 2.45) is 5.92 Å². The Morgan fingerprint density at radius 1 is 1.41 bits per heavy atom. The van der Waals surface area contributed by atoms with E-state index in [1.165, 1.54) is 20.1 Å². The molecule has 1 unspecified atom stereocenters. The average Bonchev–Trinajstić information content (AvgIpc) is 2.35. The fraction of sp³-hybridized carbons (Fsp3) is 0.333. The maximum absolute atomic E-state index is 13.2. The smallest absolute Gasteiger partial charge is 0.315 e. The van der Waals surface area contributed by atoms with Crippen LogP contribution in [0, 0.1) is 11.7 Å². The summed E-state index contributed by atoms with van der Waals surface area (Å²) in [6, 6.07) is 6.20. The molecular formula is C12H13FO3S. The molecule has 1 atom stereocenters. The summed E-state index contributed by atoms with van der Waals surface area (Å²) in [5.74, 6) is -1.96. The highest BCUT2D eigenvalue weighted by atomic mass is 32.2. The van der Waals surface area contributed by atoms with Gasteiger partial charge in [0.15, 0.2) is 5.78 Å². The van der Waals surface area contributed by atoms with Gasteiger partial charge in [0.25, 0.3) is 0 Å². The van der Waals surface area contributed by atoms with Crippen LogP contribution in [-0.4, -0.2) is 24.6 Å². The number of rotatable bonds is 5. The number of Topliss-reactive ketones (excluding diaryl/α,β-unsaturated/α-hetero) is 1. The zero-order chi connectivity index (χ0) is 12.8. The summed E-state index contributed by atoms with van der Waals surface area (Å²) in [5, 5.41) is 0. The number of benzene rings is 1. The largest absolute Gasteiger partial charge is 0.468 e. The number of carbonyl (C=O) groups is 2. The molecule has 17 heavy (non-hydrogen) atoms. The second-order valence-electron chi connectivity index (χ2n) is 3.43. The van der Waals surface area contributed by atoms with E-state index in [0.29, 0.717) is 4.90 Å². The van der Waals surface area contributed by atoms with Gasteiger partial charge in [-0.05, 0) is 19.1 Å². The van der Waals surface area contributed by atoms with Gasteiger partial charge in [-0.1, -0.05) is 12.1 Å². The maximum atomic E-state index is 13.2. The van der Waals surface area contributed by atoms with Crippen molar-refractivity contribution in [2.75, 3.05) is 12.9 Å². The quantitative estimate of drug-likeness (QED) is 0.460. The molecular weight excluding hydrogens is 243 g/mol. The lowest BCUT2D eigenvalue weighted by Gasteiger charge is -2.07. The second-order valence-corrected chi connectivity index (χ2v) is 4.45. The molecule has 0 saturated heterocycles. The first kappa shape index (κ1) is 13.7. The third-order valence-corrected chi connectivity index (χ3v) is 3.32. The van der Waals surface area contributed by atoms with Crippen molar-refractivity contribution >= 4 is 23.5 Å². The van der Waals surface area contributed by atoms with Gasteiger partial charge in [0.2, 0.25) is 0 Å². The minimum Gasteiger partial charge on any atom is -0.468 e. The number of methoxy groups -OCH3 is 1. The van der Waals surface area contributed by atoms with E-state index in [9.17, 15) is 14.0 Å². The van der Waals surface area contributed by atoms with Crippen molar-refractivity contribution in [3.8, 4) is 0 Å². The molecule has 0 bridgehead atoms. The van der Waals surface area contributed by atoms with Crippen LogP contribution in [0.15, 0.2) is 29.2 Å². The molecule has 1 rings (SSSR count). The summed E-state index contributed by atoms with van der Waals surface area (Å²) in [4.78, 5) is 23.1. The Kier molecular flexibility index (Phi) is 5.15. The molecule has 0 aromatic heterocycles. The molecule has 0 heterocycles. The monoisotopic (exact) mass is 256 g/mol. The van der Waals surface area contributed by atoms with Crippen LogP contribution >= 0.6 is 11.8 Å². The van der Waals surface area contributed by atoms with Crippen LogP contribution in [-0.2, 0) is 14.3 Å². The van der Waals surface area contributed by atoms with E-state index in [-0.39, 0.29) is 17.4 Å². The van der Waals surface area contributed by atoms with E-state index in [0.717, 1.165) is 11.8 Å². The first-order chi connectivity index (χ1) is 8.06. The normalized spacial score (nSPS) is 11.9. The first-order valence-corrected chi connectivity index (χ1v) is 6.02. The number of esters is 1. The number of thioether (sulfide) groups is 1. The Morgan fingerprint density at radius 3 is 2.65 bits per heavy atom. The highest BCUT2D eigenvalue weighted by Crippen LogP contribution is 2.22. The van der Waals surface area contributed by atoms with E-state index in [1.54, 1.807) is 18.2 Å². The van der Waals surface area contributed by atoms with Crippen LogP contribution in [0.1, 0.15) is 6.92 Å². The molecule has 0 aliphatic heterocycles. The number of hydrogen-bond donors (Lipinski definition) is 0. The molecule has 0 saturated carbocycles. The van der Waals surface area contributed by atoms with Crippen molar-refractivity contribution in [3.05, 3.63) is 30.1 Å². The van der Waals surface area contributed by atoms with Crippen LogP contribution in [0.2, 0.25) is 0 Å². The van der Waals surface area contributed by atoms with E-state index in [1.807, 2.05) is 0 Å². The van der Waals surface area contributed by atoms with Gasteiger partial charge in [0, 0.05) is 4.90 Å². The minimum absolute atomic E-state index is 0.0528. The molecule has 0 aliphatic carbocycles. The summed E-state index contributed by atoms with van der Waals surface area (Å²) in [5.41, 5.74) is 0. The zero-order valence-electron chi connectivity index (χ0n) is 9.60. The van der Waals surface area contributed by atoms with Crippen LogP contribution in [0.3, 0.4) is 0 Å². The molecule has 92 valence electrons. The number of carbonyl (C=O) groups excluding carboxylic acids is 2. The minimum atomic E-state index is -0.806. The molecule has 1 aromatic rings. The second kappa shape index (κ2) is 6.39. The van der Waals surface area contributed by atoms with E-state index >= 15 is 0 Å². The van der Waals surface area contributed by atoms with Gasteiger partial charge in [-0.2, -0.15) is 0 Å². The van der Waals surface area contributed by atoms with Crippen molar-refractivity contribution in [1.82, 2.24) is 0 Å². The molecule has 0 N–H and O–H groups in total. The van der Waals surface area contributed by atoms with Crippen LogP contribution in [0.4, 0.5) is 4.39 Å². The molecule has 0 aliphatic rings. The Hall–Kier alpha value is -1.36. The van der Waals surface area contributed by atoms with Crippen molar-refractivity contribution in [3.63, 3.8) is 0 Å². The SMILES string of the molecule is COC(=O)C(C)C(=O)CSc1ccccc1F. The third-order valence-electron chi connectivity index (χ3n) is 2.24. The van der Waals surface area contributed by atoms with E-state index in [2.05, 4.69) is 4.74 Å². The van der Waals surface area contributed by atoms with Gasteiger partial charge in [0.1, 0.15) is 11.7 Å². The number of hydrogen-bond acceptors (Lipinski definition) is 4. The topological polar surface area (TPSA) is 43.4 Å². The van der Waals surface area contributed by atoms with Crippen LogP contribution < -0.4 is 0 Å². The molecule has 5 heteroatoms. The molecule has 1 aromatic carbocycles. The van der Waals surface area contributed by atoms with Gasteiger partial charge in [-0.25, -0.2) is 4.39 Å². The summed E-state index contributed by atoms with van der Waals surface area (Å²) in [6.45, 7) is 1.48. The van der Waals surface area contributed by atoms with Gasteiger partial charge in [-0.15, -0.1) is 11.8 Å². The molecule has 0 amide bonds. The number of ketones is 1. The van der Waals surface area contributed by atoms with Gasteiger partial charge in [-0.3, -0.25) is 9.59 Å². The maximum Gasteiger partial charge on any atom is 0.315 e. The standard InChI is InChI=1S/C12H13FO3S/c1-8(12(15)16-2)10(14)7-17-11-6-4-3-5-9(11)13/h3-6,8H,7H2,1-2H3. The first-order valence-electron chi connectivity index (χ1n) is 5.04. The molecule has 0 radical (unpaired) electrons. The fourth-order valence-electron chi connectivity index (χ4n) is 1.14. The third kappa shape index (κ3) is 3.85. The summed E-state index contributed by atoms with van der Waals surface area (Å²) < 4.78 is 17.7. The summed E-state index contributed by atoms with van der Waals surface area (Å²) in [6.07, 6.45) is 0. The van der Waals surface area contributed by atoms with Gasteiger partial charge in [0.05, 0.1) is 12.9 Å². The zero-order valence-corrected chi connectivity index (χ0v) is 10.4. The Bertz CT molecular complexity index is 420. The van der Waals surface area contributed by atoms with Crippen molar-refractivity contribution in [1.29, 1.82) is 0 Å². The highest BCUT2D eigenvalue weighted by Gasteiger charge is 2.22. The van der Waals surface area contributed by atoms with E-state index < -0.39 is 11.9 Å². The molecule has 3 nitrogen and oxygen atoms in total. The van der Waals surface area contributed by atoms with Gasteiger partial charge >= 0.3 is 5.97 Å². The Balaban J connectivity index is 2.54. The fourth-order valence-corrected chi connectivity index (χ4v) is 2.07.